The first-order chi connectivity index (χ1) is 11.4. The Morgan fingerprint density at radius 2 is 1.58 bits per heavy atom. The molecular weight excluding hydrogens is 308 g/mol. The molecule has 24 heavy (non-hydrogen) atoms. The van der Waals surface area contributed by atoms with Gasteiger partial charge in [-0.05, 0) is 20.9 Å². The van der Waals surface area contributed by atoms with Crippen molar-refractivity contribution in [2.24, 2.45) is 0 Å². The smallest absolute Gasteiger partial charge is 0.236 e. The number of hydrogen-bond acceptors (Lipinski definition) is 6. The molecule has 1 amide bonds. The second-order valence-electron chi connectivity index (χ2n) is 7.30. The molecule has 2 rings (SSSR count). The van der Waals surface area contributed by atoms with Gasteiger partial charge in [0.15, 0.2) is 0 Å². The van der Waals surface area contributed by atoms with E-state index in [0.29, 0.717) is 19.7 Å². The highest BCUT2D eigenvalue weighted by atomic mass is 16.5. The van der Waals surface area contributed by atoms with Gasteiger partial charge < -0.3 is 19.6 Å². The summed E-state index contributed by atoms with van der Waals surface area (Å²) in [6, 6.07) is 0. The molecular formula is C17H34N4O3. The molecule has 1 N–H and O–H groups in total. The van der Waals surface area contributed by atoms with Gasteiger partial charge in [-0.25, -0.2) is 0 Å². The summed E-state index contributed by atoms with van der Waals surface area (Å²) in [5.41, 5.74) is 0. The first-order valence-electron chi connectivity index (χ1n) is 9.14. The van der Waals surface area contributed by atoms with Gasteiger partial charge in [0.25, 0.3) is 0 Å². The van der Waals surface area contributed by atoms with E-state index in [1.54, 1.807) is 0 Å². The van der Waals surface area contributed by atoms with Gasteiger partial charge in [-0.3, -0.25) is 14.6 Å². The number of carbonyl (C=O) groups is 1. The van der Waals surface area contributed by atoms with Gasteiger partial charge in [0.05, 0.1) is 25.4 Å². The maximum atomic E-state index is 12.4. The number of likely N-dealkylation sites (N-methyl/N-ethyl adjacent to an activating group) is 1. The Bertz CT molecular complexity index is 378. The van der Waals surface area contributed by atoms with E-state index in [1.165, 1.54) is 0 Å². The van der Waals surface area contributed by atoms with Crippen LogP contribution in [0.25, 0.3) is 0 Å². The fraction of sp³-hybridized carbons (Fsp3) is 0.941. The second-order valence-corrected chi connectivity index (χ2v) is 7.30. The molecule has 2 aliphatic rings. The lowest BCUT2D eigenvalue weighted by Gasteiger charge is -2.37. The molecule has 7 nitrogen and oxygen atoms in total. The number of aliphatic hydroxyl groups excluding tert-OH is 1. The number of aliphatic hydroxyl groups is 1. The van der Waals surface area contributed by atoms with E-state index in [0.717, 1.165) is 52.4 Å². The molecule has 2 saturated heterocycles. The first kappa shape index (κ1) is 19.6. The van der Waals surface area contributed by atoms with E-state index in [-0.39, 0.29) is 12.0 Å². The van der Waals surface area contributed by atoms with E-state index >= 15 is 0 Å². The third-order valence-corrected chi connectivity index (χ3v) is 4.77. The van der Waals surface area contributed by atoms with Crippen LogP contribution in [-0.2, 0) is 9.53 Å². The van der Waals surface area contributed by atoms with Crippen LogP contribution in [0.5, 0.6) is 0 Å². The highest BCUT2D eigenvalue weighted by Crippen LogP contribution is 2.06. The predicted octanol–water partition coefficient (Wildman–Crippen LogP) is -0.836. The van der Waals surface area contributed by atoms with Crippen molar-refractivity contribution in [3.63, 3.8) is 0 Å². The normalized spacial score (nSPS) is 23.0. The topological polar surface area (TPSA) is 59.5 Å². The summed E-state index contributed by atoms with van der Waals surface area (Å²) in [5.74, 6) is 0.252. The summed E-state index contributed by atoms with van der Waals surface area (Å²) in [6.45, 7) is 12.7. The lowest BCUT2D eigenvalue weighted by Crippen LogP contribution is -2.54. The number of carbonyl (C=O) groups excluding carboxylic acids is 1. The van der Waals surface area contributed by atoms with Crippen LogP contribution in [-0.4, -0.2) is 122 Å². The number of ether oxygens (including phenoxy) is 1. The zero-order chi connectivity index (χ0) is 17.5. The Hall–Kier alpha value is -0.730. The van der Waals surface area contributed by atoms with Crippen LogP contribution < -0.4 is 0 Å². The molecule has 0 aromatic rings. The fourth-order valence-corrected chi connectivity index (χ4v) is 3.13. The molecule has 140 valence electrons. The molecule has 2 aliphatic heterocycles. The maximum Gasteiger partial charge on any atom is 0.236 e. The minimum atomic E-state index is -0.439. The molecule has 1 atom stereocenters. The summed E-state index contributed by atoms with van der Waals surface area (Å²) in [5, 5.41) is 10.0. The van der Waals surface area contributed by atoms with Crippen LogP contribution in [0.2, 0.25) is 0 Å². The van der Waals surface area contributed by atoms with Crippen LogP contribution in [0, 0.1) is 0 Å². The van der Waals surface area contributed by atoms with E-state index in [1.807, 2.05) is 18.7 Å². The summed E-state index contributed by atoms with van der Waals surface area (Å²) in [6.07, 6.45) is -0.289. The monoisotopic (exact) mass is 342 g/mol. The molecule has 2 heterocycles. The summed E-state index contributed by atoms with van der Waals surface area (Å²) < 4.78 is 5.45. The molecule has 7 heteroatoms. The van der Waals surface area contributed by atoms with Gasteiger partial charge in [0, 0.05) is 58.9 Å². The number of piperazine rings is 2. The molecule has 0 aliphatic carbocycles. The summed E-state index contributed by atoms with van der Waals surface area (Å²) >= 11 is 0. The molecule has 1 unspecified atom stereocenters. The molecule has 0 radical (unpaired) electrons. The summed E-state index contributed by atoms with van der Waals surface area (Å²) in [4.78, 5) is 21.1. The minimum Gasteiger partial charge on any atom is -0.389 e. The largest absolute Gasteiger partial charge is 0.389 e. The lowest BCUT2D eigenvalue weighted by atomic mass is 10.2. The van der Waals surface area contributed by atoms with Crippen LogP contribution >= 0.6 is 0 Å². The van der Waals surface area contributed by atoms with Crippen LogP contribution in [0.15, 0.2) is 0 Å². The SMILES string of the molecule is CC(C)OCC(O)CN1CCN(CC(=O)N2CCN(C)CC2)CC1. The Morgan fingerprint density at radius 3 is 2.17 bits per heavy atom. The second kappa shape index (κ2) is 9.68. The van der Waals surface area contributed by atoms with Gasteiger partial charge in [-0.2, -0.15) is 0 Å². The standard InChI is InChI=1S/C17H34N4O3/c1-15(2)24-14-16(22)12-19-6-8-20(9-7-19)13-17(23)21-10-4-18(3)5-11-21/h15-16,22H,4-14H2,1-3H3. The quantitative estimate of drug-likeness (QED) is 0.651. The highest BCUT2D eigenvalue weighted by Gasteiger charge is 2.24. The zero-order valence-electron chi connectivity index (χ0n) is 15.5. The van der Waals surface area contributed by atoms with Crippen molar-refractivity contribution in [3.8, 4) is 0 Å². The molecule has 0 spiro atoms. The van der Waals surface area contributed by atoms with Crippen molar-refractivity contribution in [1.82, 2.24) is 19.6 Å². The third kappa shape index (κ3) is 6.64. The molecule has 0 saturated carbocycles. The third-order valence-electron chi connectivity index (χ3n) is 4.77. The Balaban J connectivity index is 1.62. The Labute approximate surface area is 146 Å². The van der Waals surface area contributed by atoms with Crippen molar-refractivity contribution in [1.29, 1.82) is 0 Å². The van der Waals surface area contributed by atoms with Crippen LogP contribution in [0.3, 0.4) is 0 Å². The Morgan fingerprint density at radius 1 is 1.00 bits per heavy atom. The van der Waals surface area contributed by atoms with E-state index < -0.39 is 6.10 Å². The fourth-order valence-electron chi connectivity index (χ4n) is 3.13. The van der Waals surface area contributed by atoms with E-state index in [9.17, 15) is 9.90 Å². The van der Waals surface area contributed by atoms with Crippen LogP contribution in [0.1, 0.15) is 13.8 Å². The first-order valence-corrected chi connectivity index (χ1v) is 9.14. The van der Waals surface area contributed by atoms with Gasteiger partial charge >= 0.3 is 0 Å². The highest BCUT2D eigenvalue weighted by molar-refractivity contribution is 5.78. The number of hydrogen-bond donors (Lipinski definition) is 1. The number of nitrogens with zero attached hydrogens (tertiary/aromatic N) is 4. The van der Waals surface area contributed by atoms with E-state index in [2.05, 4.69) is 21.7 Å². The van der Waals surface area contributed by atoms with Gasteiger partial charge in [0.1, 0.15) is 0 Å². The van der Waals surface area contributed by atoms with Crippen molar-refractivity contribution < 1.29 is 14.6 Å². The lowest BCUT2D eigenvalue weighted by molar-refractivity contribution is -0.134. The van der Waals surface area contributed by atoms with E-state index in [4.69, 9.17) is 4.74 Å². The van der Waals surface area contributed by atoms with Crippen LogP contribution in [0.4, 0.5) is 0 Å². The van der Waals surface area contributed by atoms with Crippen molar-refractivity contribution in [3.05, 3.63) is 0 Å². The number of rotatable bonds is 7. The average molecular weight is 342 g/mol. The predicted molar refractivity (Wildman–Crippen MR) is 94.1 cm³/mol. The maximum absolute atomic E-state index is 12.4. The van der Waals surface area contributed by atoms with Gasteiger partial charge in [0.2, 0.25) is 5.91 Å². The molecule has 0 aromatic heterocycles. The summed E-state index contributed by atoms with van der Waals surface area (Å²) in [7, 11) is 2.10. The minimum absolute atomic E-state index is 0.150. The molecule has 2 fully saturated rings. The molecule has 0 aromatic carbocycles. The number of amides is 1. The zero-order valence-corrected chi connectivity index (χ0v) is 15.5. The van der Waals surface area contributed by atoms with Gasteiger partial charge in [-0.15, -0.1) is 0 Å². The van der Waals surface area contributed by atoms with Gasteiger partial charge in [-0.1, -0.05) is 0 Å². The Kier molecular flexibility index (Phi) is 7.90. The van der Waals surface area contributed by atoms with Crippen molar-refractivity contribution in [2.45, 2.75) is 26.1 Å². The van der Waals surface area contributed by atoms with Crippen molar-refractivity contribution in [2.75, 3.05) is 79.1 Å². The average Bonchev–Trinajstić information content (AvgIpc) is 2.55. The number of β-amino-alcohol motifs (C(OH)–C–C–N with tert-alkyl or cyclic N) is 1. The van der Waals surface area contributed by atoms with Crippen molar-refractivity contribution >= 4 is 5.91 Å². The molecule has 0 bridgehead atoms.